The number of nitrogens with one attached hydrogen (secondary N) is 2. The van der Waals surface area contributed by atoms with Crippen LogP contribution in [0.3, 0.4) is 0 Å². The number of nitrogens with zero attached hydrogens (tertiary/aromatic N) is 3. The molecule has 0 bridgehead atoms. The molecule has 0 spiro atoms. The van der Waals surface area contributed by atoms with E-state index < -0.39 is 11.2 Å². The molecule has 2 atom stereocenters. The lowest BCUT2D eigenvalue weighted by atomic mass is 10.1. The first-order valence-electron chi connectivity index (χ1n) is 10.9. The summed E-state index contributed by atoms with van der Waals surface area (Å²) >= 11 is 0. The number of aliphatic imine (C=N–C) groups is 1. The molecule has 0 aromatic rings. The summed E-state index contributed by atoms with van der Waals surface area (Å²) in [6.45, 7) is 14.4. The smallest absolute Gasteiger partial charge is 0.410 e. The molecule has 1 aliphatic carbocycles. The van der Waals surface area contributed by atoms with Gasteiger partial charge in [0.25, 0.3) is 0 Å². The van der Waals surface area contributed by atoms with Crippen LogP contribution in [0.5, 0.6) is 0 Å². The van der Waals surface area contributed by atoms with Crippen LogP contribution in [-0.4, -0.2) is 84.0 Å². The maximum absolute atomic E-state index is 12.4. The van der Waals surface area contributed by atoms with Gasteiger partial charge in [0.15, 0.2) is 5.96 Å². The molecule has 2 aliphatic heterocycles. The van der Waals surface area contributed by atoms with Gasteiger partial charge >= 0.3 is 12.2 Å². The number of guanidine groups is 1. The van der Waals surface area contributed by atoms with E-state index in [1.807, 2.05) is 41.5 Å². The van der Waals surface area contributed by atoms with Gasteiger partial charge in [-0.2, -0.15) is 0 Å². The zero-order chi connectivity index (χ0) is 22.1. The van der Waals surface area contributed by atoms with Gasteiger partial charge < -0.3 is 29.9 Å². The third kappa shape index (κ3) is 6.40. The Bertz CT molecular complexity index is 678. The summed E-state index contributed by atoms with van der Waals surface area (Å²) in [5.74, 6) is 1.33. The number of carbonyl (C=O) groups excluding carboxylic acids is 2. The lowest BCUT2D eigenvalue weighted by Gasteiger charge is -2.39. The number of fused-ring (bicyclic) bond motifs is 1. The molecule has 2 heterocycles. The van der Waals surface area contributed by atoms with Crippen LogP contribution in [0.4, 0.5) is 9.59 Å². The average molecular weight is 424 g/mol. The molecule has 9 heteroatoms. The first kappa shape index (κ1) is 22.5. The largest absolute Gasteiger partial charge is 0.444 e. The van der Waals surface area contributed by atoms with E-state index >= 15 is 0 Å². The maximum Gasteiger partial charge on any atom is 0.410 e. The minimum atomic E-state index is -0.512. The highest BCUT2D eigenvalue weighted by Crippen LogP contribution is 2.32. The van der Waals surface area contributed by atoms with E-state index in [1.165, 1.54) is 0 Å². The quantitative estimate of drug-likeness (QED) is 0.720. The fraction of sp³-hybridized carbons (Fsp3) is 0.857. The molecule has 170 valence electrons. The second-order valence-corrected chi connectivity index (χ2v) is 10.4. The van der Waals surface area contributed by atoms with Gasteiger partial charge in [0, 0.05) is 26.2 Å². The summed E-state index contributed by atoms with van der Waals surface area (Å²) in [4.78, 5) is 33.2. The molecule has 2 N–H and O–H groups in total. The summed E-state index contributed by atoms with van der Waals surface area (Å²) in [5.41, 5.74) is -1.01. The Hall–Kier alpha value is -2.19. The standard InChI is InChI=1S/C21H37N5O4/c1-20(2,3)29-18(27)24-16(14-7-8-14)12-23-17-22-11-15-13-25(9-10-26(15)17)19(28)30-21(4,5)6/h14-16H,7-13H2,1-6H3,(H,22,23)(H,24,27). The molecule has 2 fully saturated rings. The van der Waals surface area contributed by atoms with Gasteiger partial charge in [-0.15, -0.1) is 0 Å². The van der Waals surface area contributed by atoms with Gasteiger partial charge in [-0.05, 0) is 60.3 Å². The topological polar surface area (TPSA) is 95.5 Å². The first-order chi connectivity index (χ1) is 13.9. The molecule has 2 amide bonds. The van der Waals surface area contributed by atoms with E-state index in [9.17, 15) is 9.59 Å². The summed E-state index contributed by atoms with van der Waals surface area (Å²) in [5, 5.41) is 6.43. The molecule has 0 aromatic heterocycles. The van der Waals surface area contributed by atoms with Crippen molar-refractivity contribution in [1.82, 2.24) is 20.4 Å². The Morgan fingerprint density at radius 3 is 2.37 bits per heavy atom. The second kappa shape index (κ2) is 8.51. The third-order valence-corrected chi connectivity index (χ3v) is 5.23. The van der Waals surface area contributed by atoms with Gasteiger partial charge in [0.2, 0.25) is 0 Å². The van der Waals surface area contributed by atoms with E-state index in [-0.39, 0.29) is 24.3 Å². The van der Waals surface area contributed by atoms with E-state index in [1.54, 1.807) is 4.90 Å². The van der Waals surface area contributed by atoms with Gasteiger partial charge in [-0.3, -0.25) is 4.99 Å². The average Bonchev–Trinajstić information content (AvgIpc) is 3.36. The predicted octanol–water partition coefficient (Wildman–Crippen LogP) is 2.17. The number of amides is 2. The van der Waals surface area contributed by atoms with E-state index in [0.717, 1.165) is 18.8 Å². The van der Waals surface area contributed by atoms with Crippen LogP contribution in [0, 0.1) is 5.92 Å². The van der Waals surface area contributed by atoms with Crippen LogP contribution >= 0.6 is 0 Å². The summed E-state index contributed by atoms with van der Waals surface area (Å²) in [6.07, 6.45) is 1.59. The van der Waals surface area contributed by atoms with E-state index in [0.29, 0.717) is 38.6 Å². The highest BCUT2D eigenvalue weighted by molar-refractivity contribution is 5.82. The SMILES string of the molecule is CC(C)(C)OC(=O)NC(CNC1=NCC2CN(C(=O)OC(C)(C)C)CCN12)C1CC1. The summed E-state index contributed by atoms with van der Waals surface area (Å²) in [6, 6.07) is 0.177. The molecule has 3 aliphatic rings. The highest BCUT2D eigenvalue weighted by atomic mass is 16.6. The van der Waals surface area contributed by atoms with Crippen molar-refractivity contribution in [3.63, 3.8) is 0 Å². The van der Waals surface area contributed by atoms with Crippen molar-refractivity contribution in [1.29, 1.82) is 0 Å². The molecule has 9 nitrogen and oxygen atoms in total. The zero-order valence-corrected chi connectivity index (χ0v) is 19.2. The number of hydrogen-bond acceptors (Lipinski definition) is 7. The normalized spacial score (nSPS) is 22.7. The molecular weight excluding hydrogens is 386 g/mol. The lowest BCUT2D eigenvalue weighted by molar-refractivity contribution is 0.0137. The molecule has 1 saturated heterocycles. The van der Waals surface area contributed by atoms with Crippen molar-refractivity contribution in [2.24, 2.45) is 10.9 Å². The second-order valence-electron chi connectivity index (χ2n) is 10.4. The van der Waals surface area contributed by atoms with E-state index in [4.69, 9.17) is 9.47 Å². The summed E-state index contributed by atoms with van der Waals surface area (Å²) < 4.78 is 10.9. The molecule has 1 saturated carbocycles. The van der Waals surface area contributed by atoms with Crippen LogP contribution in [-0.2, 0) is 9.47 Å². The van der Waals surface area contributed by atoms with Crippen LogP contribution < -0.4 is 10.6 Å². The Balaban J connectivity index is 1.48. The van der Waals surface area contributed by atoms with Crippen molar-refractivity contribution < 1.29 is 19.1 Å². The number of rotatable bonds is 4. The van der Waals surface area contributed by atoms with Gasteiger partial charge in [-0.1, -0.05) is 0 Å². The summed E-state index contributed by atoms with van der Waals surface area (Å²) in [7, 11) is 0. The monoisotopic (exact) mass is 423 g/mol. The Morgan fingerprint density at radius 1 is 1.10 bits per heavy atom. The number of carbonyl (C=O) groups is 2. The molecule has 2 unspecified atom stereocenters. The number of alkyl carbamates (subject to hydrolysis) is 1. The van der Waals surface area contributed by atoms with Crippen LogP contribution in [0.1, 0.15) is 54.4 Å². The number of hydrogen-bond donors (Lipinski definition) is 2. The predicted molar refractivity (Wildman–Crippen MR) is 114 cm³/mol. The maximum atomic E-state index is 12.4. The molecular formula is C21H37N5O4. The van der Waals surface area contributed by atoms with Crippen molar-refractivity contribution in [2.45, 2.75) is 77.7 Å². The molecule has 3 rings (SSSR count). The van der Waals surface area contributed by atoms with Gasteiger partial charge in [0.05, 0.1) is 18.6 Å². The lowest BCUT2D eigenvalue weighted by Crippen LogP contribution is -2.58. The van der Waals surface area contributed by atoms with Crippen molar-refractivity contribution in [3.05, 3.63) is 0 Å². The fourth-order valence-corrected chi connectivity index (χ4v) is 3.72. The minimum Gasteiger partial charge on any atom is -0.444 e. The van der Waals surface area contributed by atoms with Gasteiger partial charge in [0.1, 0.15) is 11.2 Å². The van der Waals surface area contributed by atoms with Gasteiger partial charge in [-0.25, -0.2) is 9.59 Å². The first-order valence-corrected chi connectivity index (χ1v) is 10.9. The Morgan fingerprint density at radius 2 is 1.77 bits per heavy atom. The highest BCUT2D eigenvalue weighted by Gasteiger charge is 2.38. The van der Waals surface area contributed by atoms with Crippen LogP contribution in [0.15, 0.2) is 4.99 Å². The Labute approximate surface area is 179 Å². The molecule has 30 heavy (non-hydrogen) atoms. The fourth-order valence-electron chi connectivity index (χ4n) is 3.72. The van der Waals surface area contributed by atoms with Crippen molar-refractivity contribution in [2.75, 3.05) is 32.7 Å². The number of piperazine rings is 1. The van der Waals surface area contributed by atoms with Crippen molar-refractivity contribution in [3.8, 4) is 0 Å². The number of ether oxygens (including phenoxy) is 2. The molecule has 0 aromatic carbocycles. The van der Waals surface area contributed by atoms with Crippen molar-refractivity contribution >= 4 is 18.1 Å². The third-order valence-electron chi connectivity index (χ3n) is 5.23. The Kier molecular flexibility index (Phi) is 6.38. The van der Waals surface area contributed by atoms with Crippen LogP contribution in [0.25, 0.3) is 0 Å². The minimum absolute atomic E-state index is 0.0182. The van der Waals surface area contributed by atoms with Crippen LogP contribution in [0.2, 0.25) is 0 Å². The zero-order valence-electron chi connectivity index (χ0n) is 19.2. The van der Waals surface area contributed by atoms with E-state index in [2.05, 4.69) is 20.5 Å². The molecule has 0 radical (unpaired) electrons.